The number of thiazole rings is 1. The predicted octanol–water partition coefficient (Wildman–Crippen LogP) is 2.65. The molecule has 0 bridgehead atoms. The van der Waals surface area contributed by atoms with Gasteiger partial charge in [-0.2, -0.15) is 0 Å². The van der Waals surface area contributed by atoms with Gasteiger partial charge in [0.25, 0.3) is 0 Å². The standard InChI is InChI=1S/C15H20N4O2S.2ClH/c1-21-9-11(16)14(20)17-10-4-5-12-13(8-10)22-15(18-12)19-6-2-3-7-19;;/h4-5,8,11H,2-3,6-7,9,16H2,1H3,(H,17,20);2*1H. The number of hydrogen-bond acceptors (Lipinski definition) is 6. The lowest BCUT2D eigenvalue weighted by molar-refractivity contribution is -0.118. The van der Waals surface area contributed by atoms with Crippen LogP contribution in [0.15, 0.2) is 18.2 Å². The van der Waals surface area contributed by atoms with Crippen molar-refractivity contribution in [3.63, 3.8) is 0 Å². The Bertz CT molecular complexity index is 677. The summed E-state index contributed by atoms with van der Waals surface area (Å²) in [5.74, 6) is -0.245. The Labute approximate surface area is 157 Å². The van der Waals surface area contributed by atoms with Crippen molar-refractivity contribution in [2.75, 3.05) is 37.0 Å². The minimum atomic E-state index is -0.665. The molecular formula is C15H22Cl2N4O2S. The van der Waals surface area contributed by atoms with Crippen LogP contribution in [0.3, 0.4) is 0 Å². The maximum Gasteiger partial charge on any atom is 0.243 e. The summed E-state index contributed by atoms with van der Waals surface area (Å²) in [5, 5.41) is 3.88. The van der Waals surface area contributed by atoms with E-state index in [9.17, 15) is 4.79 Å². The van der Waals surface area contributed by atoms with Gasteiger partial charge in [0.1, 0.15) is 6.04 Å². The van der Waals surface area contributed by atoms with Crippen molar-refractivity contribution in [3.8, 4) is 0 Å². The summed E-state index contributed by atoms with van der Waals surface area (Å²) in [6, 6.07) is 5.07. The minimum absolute atomic E-state index is 0. The average molecular weight is 393 g/mol. The molecule has 1 aliphatic rings. The molecule has 1 aliphatic heterocycles. The third kappa shape index (κ3) is 4.70. The van der Waals surface area contributed by atoms with Crippen LogP contribution in [-0.2, 0) is 9.53 Å². The summed E-state index contributed by atoms with van der Waals surface area (Å²) < 4.78 is 5.96. The summed E-state index contributed by atoms with van der Waals surface area (Å²) >= 11 is 1.66. The first-order valence-electron chi connectivity index (χ1n) is 7.38. The van der Waals surface area contributed by atoms with Gasteiger partial charge in [0.05, 0.1) is 16.8 Å². The second kappa shape index (κ2) is 9.39. The van der Waals surface area contributed by atoms with Gasteiger partial charge >= 0.3 is 0 Å². The number of aromatic nitrogens is 1. The van der Waals surface area contributed by atoms with Gasteiger partial charge in [-0.15, -0.1) is 24.8 Å². The highest BCUT2D eigenvalue weighted by Gasteiger charge is 2.17. The van der Waals surface area contributed by atoms with Crippen molar-refractivity contribution in [3.05, 3.63) is 18.2 Å². The molecule has 0 radical (unpaired) electrons. The molecule has 134 valence electrons. The molecule has 1 aromatic carbocycles. The SMILES string of the molecule is COCC(N)C(=O)Nc1ccc2nc(N3CCCC3)sc2c1.Cl.Cl. The molecule has 24 heavy (non-hydrogen) atoms. The molecular weight excluding hydrogens is 371 g/mol. The number of nitrogens with one attached hydrogen (secondary N) is 1. The average Bonchev–Trinajstić information content (AvgIpc) is 3.15. The van der Waals surface area contributed by atoms with Gasteiger partial charge in [0, 0.05) is 25.9 Å². The molecule has 9 heteroatoms. The number of hydrogen-bond donors (Lipinski definition) is 2. The number of methoxy groups -OCH3 is 1. The van der Waals surface area contributed by atoms with E-state index in [0.29, 0.717) is 0 Å². The van der Waals surface area contributed by atoms with E-state index in [1.54, 1.807) is 11.3 Å². The lowest BCUT2D eigenvalue weighted by Gasteiger charge is -2.11. The van der Waals surface area contributed by atoms with Gasteiger partial charge < -0.3 is 20.7 Å². The van der Waals surface area contributed by atoms with Crippen molar-refractivity contribution >= 4 is 63.1 Å². The third-order valence-corrected chi connectivity index (χ3v) is 4.78. The molecule has 1 saturated heterocycles. The second-order valence-electron chi connectivity index (χ2n) is 5.42. The number of amides is 1. The quantitative estimate of drug-likeness (QED) is 0.817. The number of benzene rings is 1. The van der Waals surface area contributed by atoms with Gasteiger partial charge in [-0.3, -0.25) is 4.79 Å². The first kappa shape index (κ1) is 20.9. The van der Waals surface area contributed by atoms with Crippen molar-refractivity contribution < 1.29 is 9.53 Å². The van der Waals surface area contributed by atoms with E-state index < -0.39 is 6.04 Å². The van der Waals surface area contributed by atoms with E-state index in [-0.39, 0.29) is 37.3 Å². The second-order valence-corrected chi connectivity index (χ2v) is 6.43. The molecule has 6 nitrogen and oxygen atoms in total. The molecule has 3 N–H and O–H groups in total. The summed E-state index contributed by atoms with van der Waals surface area (Å²) in [6.07, 6.45) is 2.46. The number of carbonyl (C=O) groups is 1. The normalized spacial score (nSPS) is 14.8. The topological polar surface area (TPSA) is 80.5 Å². The zero-order valence-electron chi connectivity index (χ0n) is 13.4. The van der Waals surface area contributed by atoms with E-state index >= 15 is 0 Å². The number of nitrogens with zero attached hydrogens (tertiary/aromatic N) is 2. The largest absolute Gasteiger partial charge is 0.383 e. The van der Waals surface area contributed by atoms with Crippen LogP contribution in [0, 0.1) is 0 Å². The predicted molar refractivity (Wildman–Crippen MR) is 104 cm³/mol. The number of fused-ring (bicyclic) bond motifs is 1. The number of carbonyl (C=O) groups excluding carboxylic acids is 1. The number of anilines is 2. The lowest BCUT2D eigenvalue weighted by atomic mass is 10.2. The van der Waals surface area contributed by atoms with Crippen LogP contribution in [0.1, 0.15) is 12.8 Å². The van der Waals surface area contributed by atoms with E-state index in [4.69, 9.17) is 10.5 Å². The fourth-order valence-corrected chi connectivity index (χ4v) is 3.58. The van der Waals surface area contributed by atoms with E-state index in [1.165, 1.54) is 20.0 Å². The zero-order valence-corrected chi connectivity index (χ0v) is 15.8. The lowest BCUT2D eigenvalue weighted by Crippen LogP contribution is -2.39. The minimum Gasteiger partial charge on any atom is -0.383 e. The zero-order chi connectivity index (χ0) is 15.5. The van der Waals surface area contributed by atoms with Gasteiger partial charge in [-0.25, -0.2) is 4.98 Å². The molecule has 0 aliphatic carbocycles. The van der Waals surface area contributed by atoms with Crippen LogP contribution in [0.4, 0.5) is 10.8 Å². The molecule has 1 atom stereocenters. The Morgan fingerprint density at radius 2 is 2.12 bits per heavy atom. The van der Waals surface area contributed by atoms with Crippen LogP contribution in [0.25, 0.3) is 10.2 Å². The fraction of sp³-hybridized carbons (Fsp3) is 0.467. The molecule has 2 heterocycles. The first-order chi connectivity index (χ1) is 10.7. The highest BCUT2D eigenvalue weighted by molar-refractivity contribution is 7.22. The van der Waals surface area contributed by atoms with E-state index in [2.05, 4.69) is 15.2 Å². The Balaban J connectivity index is 0.00000144. The molecule has 0 saturated carbocycles. The molecule has 0 spiro atoms. The van der Waals surface area contributed by atoms with Crippen LogP contribution >= 0.6 is 36.2 Å². The summed E-state index contributed by atoms with van der Waals surface area (Å²) in [6.45, 7) is 2.36. The Kier molecular flexibility index (Phi) is 8.18. The van der Waals surface area contributed by atoms with Crippen LogP contribution in [-0.4, -0.2) is 43.7 Å². The Morgan fingerprint density at radius 3 is 2.79 bits per heavy atom. The summed E-state index contributed by atoms with van der Waals surface area (Å²) in [7, 11) is 1.52. The monoisotopic (exact) mass is 392 g/mol. The smallest absolute Gasteiger partial charge is 0.243 e. The Hall–Kier alpha value is -1.12. The summed E-state index contributed by atoms with van der Waals surface area (Å²) in [5.41, 5.74) is 7.42. The molecule has 1 amide bonds. The molecule has 2 aromatic rings. The van der Waals surface area contributed by atoms with Gasteiger partial charge in [-0.05, 0) is 31.0 Å². The molecule has 3 rings (SSSR count). The highest BCUT2D eigenvalue weighted by atomic mass is 35.5. The van der Waals surface area contributed by atoms with Crippen molar-refractivity contribution in [2.24, 2.45) is 5.73 Å². The number of ether oxygens (including phenoxy) is 1. The maximum atomic E-state index is 11.9. The summed E-state index contributed by atoms with van der Waals surface area (Å²) in [4.78, 5) is 18.9. The first-order valence-corrected chi connectivity index (χ1v) is 8.20. The van der Waals surface area contributed by atoms with Crippen molar-refractivity contribution in [1.82, 2.24) is 4.98 Å². The highest BCUT2D eigenvalue weighted by Crippen LogP contribution is 2.32. The number of halogens is 2. The van der Waals surface area contributed by atoms with E-state index in [1.807, 2.05) is 18.2 Å². The molecule has 1 fully saturated rings. The van der Waals surface area contributed by atoms with Gasteiger partial charge in [0.15, 0.2) is 5.13 Å². The van der Waals surface area contributed by atoms with Crippen LogP contribution in [0.5, 0.6) is 0 Å². The maximum absolute atomic E-state index is 11.9. The number of rotatable bonds is 5. The van der Waals surface area contributed by atoms with Crippen molar-refractivity contribution in [2.45, 2.75) is 18.9 Å². The van der Waals surface area contributed by atoms with Gasteiger partial charge in [-0.1, -0.05) is 11.3 Å². The Morgan fingerprint density at radius 1 is 1.42 bits per heavy atom. The van der Waals surface area contributed by atoms with Crippen LogP contribution in [0.2, 0.25) is 0 Å². The van der Waals surface area contributed by atoms with E-state index in [0.717, 1.165) is 34.1 Å². The van der Waals surface area contributed by atoms with Crippen LogP contribution < -0.4 is 16.0 Å². The van der Waals surface area contributed by atoms with Gasteiger partial charge in [0.2, 0.25) is 5.91 Å². The molecule has 1 aromatic heterocycles. The third-order valence-electron chi connectivity index (χ3n) is 3.70. The number of nitrogens with two attached hydrogens (primary N) is 1. The van der Waals surface area contributed by atoms with Crippen molar-refractivity contribution in [1.29, 1.82) is 0 Å². The fourth-order valence-electron chi connectivity index (χ4n) is 2.52. The molecule has 1 unspecified atom stereocenters.